The molecule has 0 spiro atoms. The Morgan fingerprint density at radius 2 is 2.22 bits per heavy atom. The fourth-order valence-corrected chi connectivity index (χ4v) is 2.68. The lowest BCUT2D eigenvalue weighted by atomic mass is 9.86. The van der Waals surface area contributed by atoms with Crippen LogP contribution < -0.4 is 5.32 Å². The van der Waals surface area contributed by atoms with Gasteiger partial charge >= 0.3 is 0 Å². The molecule has 0 amide bonds. The van der Waals surface area contributed by atoms with E-state index in [4.69, 9.17) is 4.74 Å². The molecule has 0 aromatic carbocycles. The molecule has 0 aliphatic carbocycles. The van der Waals surface area contributed by atoms with E-state index in [1.165, 1.54) is 17.5 Å². The minimum Gasteiger partial charge on any atom is -0.381 e. The minimum absolute atomic E-state index is 0.433. The zero-order valence-electron chi connectivity index (χ0n) is 11.5. The molecule has 1 aromatic heterocycles. The van der Waals surface area contributed by atoms with Crippen LogP contribution in [0.25, 0.3) is 0 Å². The predicted octanol–water partition coefficient (Wildman–Crippen LogP) is 2.86. The monoisotopic (exact) mass is 248 g/mol. The molecular weight excluding hydrogens is 224 g/mol. The van der Waals surface area contributed by atoms with Gasteiger partial charge in [-0.2, -0.15) is 0 Å². The highest BCUT2D eigenvalue weighted by molar-refractivity contribution is 5.25. The van der Waals surface area contributed by atoms with Crippen LogP contribution in [0.3, 0.4) is 0 Å². The third-order valence-electron chi connectivity index (χ3n) is 3.77. The summed E-state index contributed by atoms with van der Waals surface area (Å²) in [6.07, 6.45) is 7.36. The van der Waals surface area contributed by atoms with Crippen molar-refractivity contribution in [2.45, 2.75) is 39.2 Å². The van der Waals surface area contributed by atoms with Crippen molar-refractivity contribution in [3.8, 4) is 0 Å². The van der Waals surface area contributed by atoms with Gasteiger partial charge in [-0.1, -0.05) is 6.92 Å². The summed E-state index contributed by atoms with van der Waals surface area (Å²) in [4.78, 5) is 4.30. The zero-order chi connectivity index (χ0) is 12.8. The summed E-state index contributed by atoms with van der Waals surface area (Å²) in [6.45, 7) is 7.25. The second-order valence-corrected chi connectivity index (χ2v) is 5.11. The molecule has 2 heterocycles. The van der Waals surface area contributed by atoms with E-state index in [9.17, 15) is 0 Å². The molecule has 2 rings (SSSR count). The number of ether oxygens (including phenoxy) is 1. The molecular formula is C15H24N2O. The Balaban J connectivity index is 2.15. The molecule has 1 aliphatic rings. The summed E-state index contributed by atoms with van der Waals surface area (Å²) in [5.41, 5.74) is 2.70. The van der Waals surface area contributed by atoms with E-state index in [0.29, 0.717) is 12.0 Å². The number of nitrogens with one attached hydrogen (secondary N) is 1. The Kier molecular flexibility index (Phi) is 5.14. The molecule has 0 saturated carbocycles. The largest absolute Gasteiger partial charge is 0.381 e. The highest BCUT2D eigenvalue weighted by Gasteiger charge is 2.25. The first-order valence-corrected chi connectivity index (χ1v) is 7.04. The van der Waals surface area contributed by atoms with E-state index in [-0.39, 0.29) is 0 Å². The Bertz CT molecular complexity index is 361. The quantitative estimate of drug-likeness (QED) is 0.870. The van der Waals surface area contributed by atoms with E-state index in [2.05, 4.69) is 30.2 Å². The van der Waals surface area contributed by atoms with Crippen LogP contribution in [0, 0.1) is 12.8 Å². The number of aromatic nitrogens is 1. The SMILES string of the molecule is CCCNC(c1cnccc1C)C1CCOCC1. The first kappa shape index (κ1) is 13.5. The van der Waals surface area contributed by atoms with Crippen LogP contribution >= 0.6 is 0 Å². The number of nitrogens with zero attached hydrogens (tertiary/aromatic N) is 1. The molecule has 100 valence electrons. The van der Waals surface area contributed by atoms with Crippen molar-refractivity contribution in [1.29, 1.82) is 0 Å². The van der Waals surface area contributed by atoms with E-state index in [0.717, 1.165) is 32.6 Å². The van der Waals surface area contributed by atoms with Crippen molar-refractivity contribution < 1.29 is 4.74 Å². The summed E-state index contributed by atoms with van der Waals surface area (Å²) in [5, 5.41) is 3.70. The summed E-state index contributed by atoms with van der Waals surface area (Å²) in [6, 6.07) is 2.54. The van der Waals surface area contributed by atoms with E-state index >= 15 is 0 Å². The van der Waals surface area contributed by atoms with Crippen LogP contribution in [0.5, 0.6) is 0 Å². The molecule has 1 aromatic rings. The van der Waals surface area contributed by atoms with Crippen LogP contribution in [0.2, 0.25) is 0 Å². The van der Waals surface area contributed by atoms with Crippen molar-refractivity contribution in [3.05, 3.63) is 29.6 Å². The number of pyridine rings is 1. The minimum atomic E-state index is 0.433. The Hall–Kier alpha value is -0.930. The van der Waals surface area contributed by atoms with Gasteiger partial charge in [0.05, 0.1) is 0 Å². The molecule has 1 N–H and O–H groups in total. The highest BCUT2D eigenvalue weighted by Crippen LogP contribution is 2.31. The Morgan fingerprint density at radius 1 is 1.44 bits per heavy atom. The number of hydrogen-bond acceptors (Lipinski definition) is 3. The van der Waals surface area contributed by atoms with Crippen LogP contribution in [-0.2, 0) is 4.74 Å². The van der Waals surface area contributed by atoms with Crippen molar-refractivity contribution in [2.75, 3.05) is 19.8 Å². The Morgan fingerprint density at radius 3 is 2.89 bits per heavy atom. The van der Waals surface area contributed by atoms with Crippen LogP contribution in [0.15, 0.2) is 18.5 Å². The third-order valence-corrected chi connectivity index (χ3v) is 3.77. The van der Waals surface area contributed by atoms with Gasteiger partial charge in [-0.15, -0.1) is 0 Å². The van der Waals surface area contributed by atoms with Gasteiger partial charge in [-0.3, -0.25) is 4.98 Å². The number of hydrogen-bond donors (Lipinski definition) is 1. The standard InChI is InChI=1S/C15H24N2O/c1-3-7-17-15(13-5-9-18-10-6-13)14-11-16-8-4-12(14)2/h4,8,11,13,15,17H,3,5-7,9-10H2,1-2H3. The molecule has 1 atom stereocenters. The second-order valence-electron chi connectivity index (χ2n) is 5.11. The zero-order valence-corrected chi connectivity index (χ0v) is 11.5. The lowest BCUT2D eigenvalue weighted by Crippen LogP contribution is -2.33. The van der Waals surface area contributed by atoms with Crippen LogP contribution in [0.1, 0.15) is 43.4 Å². The molecule has 1 unspecified atom stereocenters. The topological polar surface area (TPSA) is 34.2 Å². The van der Waals surface area contributed by atoms with Gasteiger partial charge in [0.15, 0.2) is 0 Å². The van der Waals surface area contributed by atoms with Crippen molar-refractivity contribution in [1.82, 2.24) is 10.3 Å². The maximum Gasteiger partial charge on any atom is 0.0469 e. The molecule has 0 radical (unpaired) electrons. The normalized spacial score (nSPS) is 18.8. The summed E-state index contributed by atoms with van der Waals surface area (Å²) < 4.78 is 5.48. The van der Waals surface area contributed by atoms with Crippen molar-refractivity contribution >= 4 is 0 Å². The fourth-order valence-electron chi connectivity index (χ4n) is 2.68. The first-order chi connectivity index (χ1) is 8.83. The summed E-state index contributed by atoms with van der Waals surface area (Å²) in [7, 11) is 0. The smallest absolute Gasteiger partial charge is 0.0469 e. The molecule has 1 saturated heterocycles. The van der Waals surface area contributed by atoms with Gasteiger partial charge in [-0.05, 0) is 55.8 Å². The highest BCUT2D eigenvalue weighted by atomic mass is 16.5. The van der Waals surface area contributed by atoms with Crippen LogP contribution in [0.4, 0.5) is 0 Å². The lowest BCUT2D eigenvalue weighted by Gasteiger charge is -2.32. The molecule has 0 bridgehead atoms. The predicted molar refractivity (Wildman–Crippen MR) is 73.6 cm³/mol. The van der Waals surface area contributed by atoms with Gasteiger partial charge in [0.25, 0.3) is 0 Å². The van der Waals surface area contributed by atoms with Crippen molar-refractivity contribution in [3.63, 3.8) is 0 Å². The maximum absolute atomic E-state index is 5.48. The van der Waals surface area contributed by atoms with Gasteiger partial charge in [0.1, 0.15) is 0 Å². The average Bonchev–Trinajstić information content (AvgIpc) is 2.42. The number of aryl methyl sites for hydroxylation is 1. The molecule has 1 aliphatic heterocycles. The van der Waals surface area contributed by atoms with Gasteiger partial charge in [0, 0.05) is 31.6 Å². The number of rotatable bonds is 5. The average molecular weight is 248 g/mol. The molecule has 3 nitrogen and oxygen atoms in total. The van der Waals surface area contributed by atoms with Gasteiger partial charge in [0.2, 0.25) is 0 Å². The van der Waals surface area contributed by atoms with E-state index in [1.807, 2.05) is 12.4 Å². The van der Waals surface area contributed by atoms with Gasteiger partial charge < -0.3 is 10.1 Å². The van der Waals surface area contributed by atoms with E-state index < -0.39 is 0 Å². The van der Waals surface area contributed by atoms with Crippen molar-refractivity contribution in [2.24, 2.45) is 5.92 Å². The Labute approximate surface area is 110 Å². The molecule has 1 fully saturated rings. The fraction of sp³-hybridized carbons (Fsp3) is 0.667. The lowest BCUT2D eigenvalue weighted by molar-refractivity contribution is 0.0535. The molecule has 18 heavy (non-hydrogen) atoms. The maximum atomic E-state index is 5.48. The third kappa shape index (κ3) is 3.30. The summed E-state index contributed by atoms with van der Waals surface area (Å²) >= 11 is 0. The first-order valence-electron chi connectivity index (χ1n) is 7.04. The van der Waals surface area contributed by atoms with Gasteiger partial charge in [-0.25, -0.2) is 0 Å². The summed E-state index contributed by atoms with van der Waals surface area (Å²) in [5.74, 6) is 0.674. The van der Waals surface area contributed by atoms with Crippen LogP contribution in [-0.4, -0.2) is 24.7 Å². The molecule has 3 heteroatoms. The second kappa shape index (κ2) is 6.86. The van der Waals surface area contributed by atoms with E-state index in [1.54, 1.807) is 0 Å².